The first-order valence-electron chi connectivity index (χ1n) is 7.00. The van der Waals surface area contributed by atoms with Gasteiger partial charge in [0.25, 0.3) is 0 Å². The molecule has 104 valence electrons. The molecule has 18 heavy (non-hydrogen) atoms. The van der Waals surface area contributed by atoms with Crippen LogP contribution in [0.2, 0.25) is 0 Å². The van der Waals surface area contributed by atoms with Gasteiger partial charge in [0.15, 0.2) is 0 Å². The van der Waals surface area contributed by atoms with E-state index in [9.17, 15) is 0 Å². The molecule has 0 aliphatic carbocycles. The van der Waals surface area contributed by atoms with Gasteiger partial charge in [-0.1, -0.05) is 0 Å². The van der Waals surface area contributed by atoms with Crippen molar-refractivity contribution in [3.63, 3.8) is 0 Å². The summed E-state index contributed by atoms with van der Waals surface area (Å²) in [5, 5.41) is 7.81. The molecule has 0 spiro atoms. The quantitative estimate of drug-likeness (QED) is 0.688. The number of rotatable bonds is 9. The van der Waals surface area contributed by atoms with Crippen molar-refractivity contribution in [2.24, 2.45) is 0 Å². The molecule has 0 radical (unpaired) electrons. The number of nitrogens with one attached hydrogen (secondary N) is 1. The molecule has 1 N–H and O–H groups in total. The van der Waals surface area contributed by atoms with Gasteiger partial charge in [-0.25, -0.2) is 0 Å². The predicted molar refractivity (Wildman–Crippen MR) is 74.6 cm³/mol. The van der Waals surface area contributed by atoms with E-state index in [0.717, 1.165) is 32.5 Å². The van der Waals surface area contributed by atoms with Crippen molar-refractivity contribution in [3.05, 3.63) is 18.0 Å². The maximum atomic E-state index is 5.51. The van der Waals surface area contributed by atoms with Crippen LogP contribution < -0.4 is 5.32 Å². The topological polar surface area (TPSA) is 39.1 Å². The van der Waals surface area contributed by atoms with Crippen LogP contribution in [0.1, 0.15) is 52.1 Å². The summed E-state index contributed by atoms with van der Waals surface area (Å²) >= 11 is 0. The first-order valence-corrected chi connectivity index (χ1v) is 7.00. The maximum Gasteiger partial charge on any atom is 0.0537 e. The fourth-order valence-electron chi connectivity index (χ4n) is 1.76. The van der Waals surface area contributed by atoms with Gasteiger partial charge in [0, 0.05) is 31.0 Å². The smallest absolute Gasteiger partial charge is 0.0537 e. The normalized spacial score (nSPS) is 13.2. The van der Waals surface area contributed by atoms with Crippen LogP contribution in [0.15, 0.2) is 12.4 Å². The summed E-state index contributed by atoms with van der Waals surface area (Å²) in [6, 6.07) is 0.372. The lowest BCUT2D eigenvalue weighted by Crippen LogP contribution is -2.20. The highest BCUT2D eigenvalue weighted by Crippen LogP contribution is 2.10. The molecule has 0 bridgehead atoms. The summed E-state index contributed by atoms with van der Waals surface area (Å²) in [5.41, 5.74) is 1.26. The van der Waals surface area contributed by atoms with Crippen molar-refractivity contribution in [1.29, 1.82) is 0 Å². The van der Waals surface area contributed by atoms with Crippen LogP contribution in [0, 0.1) is 0 Å². The third-order valence-corrected chi connectivity index (χ3v) is 2.95. The van der Waals surface area contributed by atoms with Crippen LogP contribution in [0.3, 0.4) is 0 Å². The monoisotopic (exact) mass is 253 g/mol. The molecular formula is C14H27N3O. The standard InChI is InChI=1S/C14H27N3O/c1-5-17-11-14(10-16-17)13(4)15-8-6-7-9-18-12(2)3/h10-13,15H,5-9H2,1-4H3. The average molecular weight is 253 g/mol. The second-order valence-corrected chi connectivity index (χ2v) is 4.93. The Morgan fingerprint density at radius 2 is 2.11 bits per heavy atom. The highest BCUT2D eigenvalue weighted by atomic mass is 16.5. The van der Waals surface area contributed by atoms with Gasteiger partial charge in [0.1, 0.15) is 0 Å². The third-order valence-electron chi connectivity index (χ3n) is 2.95. The number of ether oxygens (including phenoxy) is 1. The predicted octanol–water partition coefficient (Wildman–Crippen LogP) is 2.76. The highest BCUT2D eigenvalue weighted by Gasteiger charge is 2.06. The molecule has 0 saturated carbocycles. The summed E-state index contributed by atoms with van der Waals surface area (Å²) < 4.78 is 7.47. The molecule has 0 aliphatic heterocycles. The molecule has 1 heterocycles. The zero-order valence-corrected chi connectivity index (χ0v) is 12.1. The molecule has 1 atom stereocenters. The summed E-state index contributed by atoms with van der Waals surface area (Å²) in [6.07, 6.45) is 6.67. The van der Waals surface area contributed by atoms with Gasteiger partial charge in [-0.15, -0.1) is 0 Å². The van der Waals surface area contributed by atoms with E-state index in [1.54, 1.807) is 0 Å². The Morgan fingerprint density at radius 1 is 1.33 bits per heavy atom. The fraction of sp³-hybridized carbons (Fsp3) is 0.786. The summed E-state index contributed by atoms with van der Waals surface area (Å²) in [5.74, 6) is 0. The minimum Gasteiger partial charge on any atom is -0.379 e. The molecule has 0 amide bonds. The number of aryl methyl sites for hydroxylation is 1. The second kappa shape index (κ2) is 8.27. The number of hydrogen-bond donors (Lipinski definition) is 1. The van der Waals surface area contributed by atoms with E-state index in [1.807, 2.05) is 10.9 Å². The van der Waals surface area contributed by atoms with Crippen molar-refractivity contribution in [2.45, 2.75) is 59.2 Å². The lowest BCUT2D eigenvalue weighted by Gasteiger charge is -2.12. The van der Waals surface area contributed by atoms with Crippen molar-refractivity contribution in [1.82, 2.24) is 15.1 Å². The van der Waals surface area contributed by atoms with E-state index in [0.29, 0.717) is 12.1 Å². The lowest BCUT2D eigenvalue weighted by molar-refractivity contribution is 0.0759. The largest absolute Gasteiger partial charge is 0.379 e. The fourth-order valence-corrected chi connectivity index (χ4v) is 1.76. The van der Waals surface area contributed by atoms with Crippen molar-refractivity contribution >= 4 is 0 Å². The van der Waals surface area contributed by atoms with Crippen molar-refractivity contribution in [3.8, 4) is 0 Å². The van der Waals surface area contributed by atoms with Crippen LogP contribution in [0.5, 0.6) is 0 Å². The first-order chi connectivity index (χ1) is 8.63. The summed E-state index contributed by atoms with van der Waals surface area (Å²) in [6.45, 7) is 11.3. The zero-order valence-electron chi connectivity index (χ0n) is 12.1. The van der Waals surface area contributed by atoms with E-state index in [-0.39, 0.29) is 0 Å². The molecule has 0 aromatic carbocycles. The molecule has 4 heteroatoms. The van der Waals surface area contributed by atoms with Gasteiger partial charge < -0.3 is 10.1 Å². The Kier molecular flexibility index (Phi) is 6.98. The number of aromatic nitrogens is 2. The van der Waals surface area contributed by atoms with Crippen LogP contribution in [0.25, 0.3) is 0 Å². The van der Waals surface area contributed by atoms with Crippen LogP contribution in [0.4, 0.5) is 0 Å². The molecule has 1 unspecified atom stereocenters. The number of hydrogen-bond acceptors (Lipinski definition) is 3. The van der Waals surface area contributed by atoms with E-state index >= 15 is 0 Å². The first kappa shape index (κ1) is 15.2. The maximum absolute atomic E-state index is 5.51. The van der Waals surface area contributed by atoms with E-state index in [2.05, 4.69) is 44.3 Å². The van der Waals surface area contributed by atoms with Crippen LogP contribution in [-0.4, -0.2) is 29.0 Å². The van der Waals surface area contributed by atoms with Gasteiger partial charge in [0.05, 0.1) is 12.3 Å². The summed E-state index contributed by atoms with van der Waals surface area (Å²) in [7, 11) is 0. The summed E-state index contributed by atoms with van der Waals surface area (Å²) in [4.78, 5) is 0. The molecule has 4 nitrogen and oxygen atoms in total. The van der Waals surface area contributed by atoms with E-state index < -0.39 is 0 Å². The van der Waals surface area contributed by atoms with Crippen LogP contribution in [-0.2, 0) is 11.3 Å². The molecule has 0 saturated heterocycles. The number of unbranched alkanes of at least 4 members (excludes halogenated alkanes) is 1. The Balaban J connectivity index is 2.11. The Hall–Kier alpha value is -0.870. The molecular weight excluding hydrogens is 226 g/mol. The Labute approximate surface area is 111 Å². The molecule has 0 aliphatic rings. The minimum absolute atomic E-state index is 0.344. The van der Waals surface area contributed by atoms with Gasteiger partial charge in [-0.05, 0) is 47.1 Å². The third kappa shape index (κ3) is 5.65. The SMILES string of the molecule is CCn1cc(C(C)NCCCCOC(C)C)cn1. The van der Waals surface area contributed by atoms with Gasteiger partial charge in [-0.2, -0.15) is 5.10 Å². The Bertz CT molecular complexity index is 323. The van der Waals surface area contributed by atoms with Gasteiger partial charge >= 0.3 is 0 Å². The molecule has 1 aromatic rings. The average Bonchev–Trinajstić information content (AvgIpc) is 2.81. The number of nitrogens with zero attached hydrogens (tertiary/aromatic N) is 2. The highest BCUT2D eigenvalue weighted by molar-refractivity contribution is 5.08. The molecule has 1 aromatic heterocycles. The Morgan fingerprint density at radius 3 is 2.72 bits per heavy atom. The minimum atomic E-state index is 0.344. The van der Waals surface area contributed by atoms with E-state index in [1.165, 1.54) is 5.56 Å². The van der Waals surface area contributed by atoms with Crippen molar-refractivity contribution in [2.75, 3.05) is 13.2 Å². The molecule has 0 fully saturated rings. The van der Waals surface area contributed by atoms with Gasteiger partial charge in [-0.3, -0.25) is 4.68 Å². The zero-order chi connectivity index (χ0) is 13.4. The molecule has 1 rings (SSSR count). The van der Waals surface area contributed by atoms with Crippen LogP contribution >= 0.6 is 0 Å². The lowest BCUT2D eigenvalue weighted by atomic mass is 10.2. The van der Waals surface area contributed by atoms with E-state index in [4.69, 9.17) is 4.74 Å². The van der Waals surface area contributed by atoms with Crippen molar-refractivity contribution < 1.29 is 4.74 Å². The second-order valence-electron chi connectivity index (χ2n) is 4.93. The van der Waals surface area contributed by atoms with Gasteiger partial charge in [0.2, 0.25) is 0 Å².